The Kier molecular flexibility index (Phi) is 7.59. The highest BCUT2D eigenvalue weighted by molar-refractivity contribution is 8.01. The molecule has 0 fully saturated rings. The Bertz CT molecular complexity index is 681. The number of benzene rings is 1. The van der Waals surface area contributed by atoms with Crippen LogP contribution in [-0.2, 0) is 14.8 Å². The summed E-state index contributed by atoms with van der Waals surface area (Å²) in [6.07, 6.45) is 0. The van der Waals surface area contributed by atoms with Crippen LogP contribution in [0.4, 0.5) is 5.69 Å². The van der Waals surface area contributed by atoms with Crippen molar-refractivity contribution < 1.29 is 13.2 Å². The number of nitrogens with zero attached hydrogens (tertiary/aromatic N) is 1. The number of hydrogen-bond donors (Lipinski definition) is 1. The zero-order valence-corrected chi connectivity index (χ0v) is 17.1. The highest BCUT2D eigenvalue weighted by atomic mass is 35.5. The van der Waals surface area contributed by atoms with Crippen molar-refractivity contribution in [1.82, 2.24) is 4.31 Å². The van der Waals surface area contributed by atoms with Crippen molar-refractivity contribution in [3.8, 4) is 0 Å². The first kappa shape index (κ1) is 21.3. The van der Waals surface area contributed by atoms with Crippen LogP contribution in [-0.4, -0.2) is 42.2 Å². The van der Waals surface area contributed by atoms with Gasteiger partial charge in [-0.2, -0.15) is 4.31 Å². The molecule has 0 radical (unpaired) electrons. The van der Waals surface area contributed by atoms with E-state index >= 15 is 0 Å². The number of halogens is 1. The molecule has 0 aromatic heterocycles. The molecule has 0 heterocycles. The van der Waals surface area contributed by atoms with E-state index in [1.54, 1.807) is 19.9 Å². The lowest BCUT2D eigenvalue weighted by atomic mass is 10.3. The fraction of sp³-hybridized carbons (Fsp3) is 0.562. The summed E-state index contributed by atoms with van der Waals surface area (Å²) >= 11 is 7.60. The topological polar surface area (TPSA) is 66.5 Å². The molecular formula is C16H25ClN2O3S2. The van der Waals surface area contributed by atoms with Gasteiger partial charge in [0, 0.05) is 23.5 Å². The quantitative estimate of drug-likeness (QED) is 0.765. The molecule has 0 unspecified atom stereocenters. The third-order valence-corrected chi connectivity index (χ3v) is 6.98. The summed E-state index contributed by atoms with van der Waals surface area (Å²) in [6, 6.07) is 4.50. The lowest BCUT2D eigenvalue weighted by Gasteiger charge is -2.20. The van der Waals surface area contributed by atoms with Crippen molar-refractivity contribution in [1.29, 1.82) is 0 Å². The molecule has 136 valence electrons. The van der Waals surface area contributed by atoms with Gasteiger partial charge in [-0.05, 0) is 18.2 Å². The van der Waals surface area contributed by atoms with Crippen LogP contribution >= 0.6 is 23.4 Å². The molecule has 0 atom stereocenters. The molecule has 0 bridgehead atoms. The molecule has 24 heavy (non-hydrogen) atoms. The molecule has 5 nitrogen and oxygen atoms in total. The molecule has 0 spiro atoms. The highest BCUT2D eigenvalue weighted by Crippen LogP contribution is 2.28. The molecule has 1 aromatic carbocycles. The summed E-state index contributed by atoms with van der Waals surface area (Å²) in [5.41, 5.74) is 0.421. The van der Waals surface area contributed by atoms with Crippen molar-refractivity contribution in [2.45, 2.75) is 44.3 Å². The summed E-state index contributed by atoms with van der Waals surface area (Å²) in [7, 11) is -3.68. The third kappa shape index (κ3) is 5.95. The van der Waals surface area contributed by atoms with Crippen LogP contribution in [0.3, 0.4) is 0 Å². The van der Waals surface area contributed by atoms with Gasteiger partial charge in [-0.15, -0.1) is 11.8 Å². The molecule has 0 aliphatic carbocycles. The van der Waals surface area contributed by atoms with E-state index in [4.69, 9.17) is 11.6 Å². The largest absolute Gasteiger partial charge is 0.325 e. The van der Waals surface area contributed by atoms with Crippen LogP contribution < -0.4 is 5.32 Å². The Balaban J connectivity index is 3.00. The normalized spacial score (nSPS) is 12.5. The zero-order chi connectivity index (χ0) is 18.5. The van der Waals surface area contributed by atoms with Crippen LogP contribution in [0.2, 0.25) is 5.02 Å². The Morgan fingerprint density at radius 2 is 1.83 bits per heavy atom. The zero-order valence-electron chi connectivity index (χ0n) is 14.7. The van der Waals surface area contributed by atoms with Crippen molar-refractivity contribution >= 4 is 45.0 Å². The van der Waals surface area contributed by atoms with Gasteiger partial charge in [0.1, 0.15) is 4.90 Å². The minimum Gasteiger partial charge on any atom is -0.325 e. The SMILES string of the molecule is CCN(CC)S(=O)(=O)c1cc(NC(=O)CSC(C)(C)C)ccc1Cl. The van der Waals surface area contributed by atoms with Gasteiger partial charge < -0.3 is 5.32 Å². The third-order valence-electron chi connectivity index (χ3n) is 3.17. The predicted molar refractivity (Wildman–Crippen MR) is 102 cm³/mol. The number of hydrogen-bond acceptors (Lipinski definition) is 4. The van der Waals surface area contributed by atoms with Gasteiger partial charge in [0.05, 0.1) is 10.8 Å². The van der Waals surface area contributed by atoms with Gasteiger partial charge in [-0.25, -0.2) is 8.42 Å². The molecule has 0 aliphatic heterocycles. The lowest BCUT2D eigenvalue weighted by molar-refractivity contribution is -0.113. The fourth-order valence-electron chi connectivity index (χ4n) is 1.96. The van der Waals surface area contributed by atoms with E-state index in [9.17, 15) is 13.2 Å². The van der Waals surface area contributed by atoms with E-state index in [-0.39, 0.29) is 20.6 Å². The average Bonchev–Trinajstić information content (AvgIpc) is 2.47. The van der Waals surface area contributed by atoms with E-state index in [0.29, 0.717) is 24.5 Å². The van der Waals surface area contributed by atoms with Crippen molar-refractivity contribution in [2.75, 3.05) is 24.2 Å². The number of amides is 1. The minimum absolute atomic E-state index is 0.00846. The Hall–Kier alpha value is -0.760. The number of carbonyl (C=O) groups excluding carboxylic acids is 1. The summed E-state index contributed by atoms with van der Waals surface area (Å²) in [5.74, 6) is 0.119. The summed E-state index contributed by atoms with van der Waals surface area (Å²) in [6.45, 7) is 10.3. The van der Waals surface area contributed by atoms with Crippen LogP contribution in [0.15, 0.2) is 23.1 Å². The summed E-state index contributed by atoms with van der Waals surface area (Å²) < 4.78 is 26.6. The lowest BCUT2D eigenvalue weighted by Crippen LogP contribution is -2.31. The van der Waals surface area contributed by atoms with Crippen molar-refractivity contribution in [2.24, 2.45) is 0 Å². The number of thioether (sulfide) groups is 1. The maximum Gasteiger partial charge on any atom is 0.244 e. The van der Waals surface area contributed by atoms with E-state index in [1.807, 2.05) is 20.8 Å². The monoisotopic (exact) mass is 392 g/mol. The maximum atomic E-state index is 12.6. The average molecular weight is 393 g/mol. The number of carbonyl (C=O) groups is 1. The van der Waals surface area contributed by atoms with E-state index in [0.717, 1.165) is 0 Å². The fourth-order valence-corrected chi connectivity index (χ4v) is 4.56. The maximum absolute atomic E-state index is 12.6. The second-order valence-corrected chi connectivity index (χ2v) is 10.3. The van der Waals surface area contributed by atoms with Crippen LogP contribution in [0, 0.1) is 0 Å². The molecule has 0 saturated carbocycles. The molecule has 0 saturated heterocycles. The molecule has 1 amide bonds. The van der Waals surface area contributed by atoms with E-state index < -0.39 is 10.0 Å². The number of nitrogens with one attached hydrogen (secondary N) is 1. The molecule has 8 heteroatoms. The Morgan fingerprint density at radius 3 is 2.33 bits per heavy atom. The van der Waals surface area contributed by atoms with Gasteiger partial charge in [0.25, 0.3) is 0 Å². The first-order chi connectivity index (χ1) is 11.0. The summed E-state index contributed by atoms with van der Waals surface area (Å²) in [5, 5.41) is 2.87. The standard InChI is InChI=1S/C16H25ClN2O3S2/c1-6-19(7-2)24(21,22)14-10-12(8-9-13(14)17)18-15(20)11-23-16(3,4)5/h8-10H,6-7,11H2,1-5H3,(H,18,20). The second-order valence-electron chi connectivity index (χ2n) is 6.18. The molecule has 0 aliphatic rings. The van der Waals surface area contributed by atoms with E-state index in [1.165, 1.54) is 28.2 Å². The van der Waals surface area contributed by atoms with Gasteiger partial charge in [-0.1, -0.05) is 46.2 Å². The van der Waals surface area contributed by atoms with Gasteiger partial charge in [0.2, 0.25) is 15.9 Å². The van der Waals surface area contributed by atoms with Gasteiger partial charge in [0.15, 0.2) is 0 Å². The van der Waals surface area contributed by atoms with Crippen molar-refractivity contribution in [3.05, 3.63) is 23.2 Å². The van der Waals surface area contributed by atoms with Gasteiger partial charge in [-0.3, -0.25) is 4.79 Å². The minimum atomic E-state index is -3.68. The van der Waals surface area contributed by atoms with Crippen LogP contribution in [0.5, 0.6) is 0 Å². The molecule has 1 N–H and O–H groups in total. The van der Waals surface area contributed by atoms with Crippen LogP contribution in [0.25, 0.3) is 0 Å². The van der Waals surface area contributed by atoms with Crippen molar-refractivity contribution in [3.63, 3.8) is 0 Å². The second kappa shape index (κ2) is 8.56. The molecule has 1 aromatic rings. The highest BCUT2D eigenvalue weighted by Gasteiger charge is 2.25. The predicted octanol–water partition coefficient (Wildman–Crippen LogP) is 3.84. The van der Waals surface area contributed by atoms with E-state index in [2.05, 4.69) is 5.32 Å². The van der Waals surface area contributed by atoms with Crippen LogP contribution in [0.1, 0.15) is 34.6 Å². The smallest absolute Gasteiger partial charge is 0.244 e. The first-order valence-electron chi connectivity index (χ1n) is 7.74. The summed E-state index contributed by atoms with van der Waals surface area (Å²) in [4.78, 5) is 12.0. The molecular weight excluding hydrogens is 368 g/mol. The number of rotatable bonds is 7. The number of anilines is 1. The van der Waals surface area contributed by atoms with Gasteiger partial charge >= 0.3 is 0 Å². The Morgan fingerprint density at radius 1 is 1.25 bits per heavy atom. The first-order valence-corrected chi connectivity index (χ1v) is 10.5. The number of sulfonamides is 1. The Labute approximate surface area is 154 Å². The molecule has 1 rings (SSSR count).